The summed E-state index contributed by atoms with van der Waals surface area (Å²) < 4.78 is 40.7. The van der Waals surface area contributed by atoms with Crippen LogP contribution in [0.15, 0.2) is 28.4 Å². The van der Waals surface area contributed by atoms with Crippen LogP contribution in [0.3, 0.4) is 0 Å². The second-order valence-corrected chi connectivity index (χ2v) is 18.3. The van der Waals surface area contributed by atoms with E-state index in [1.807, 2.05) is 0 Å². The Balaban J connectivity index is 0.00000289. The minimum atomic E-state index is -4.41. The fourth-order valence-corrected chi connectivity index (χ4v) is 7.83. The molecule has 0 radical (unpaired) electrons. The van der Waals surface area contributed by atoms with Crippen LogP contribution in [0.4, 0.5) is 5.82 Å². The first-order valence-electron chi connectivity index (χ1n) is 13.4. The number of aromatic amines is 1. The van der Waals surface area contributed by atoms with Gasteiger partial charge in [0.15, 0.2) is 11.5 Å². The molecule has 2 saturated heterocycles. The second kappa shape index (κ2) is 19.6. The van der Waals surface area contributed by atoms with Crippen molar-refractivity contribution in [1.82, 2.24) is 29.1 Å². The van der Waals surface area contributed by atoms with Gasteiger partial charge in [0.1, 0.15) is 56.7 Å². The van der Waals surface area contributed by atoms with E-state index in [1.165, 1.54) is 30.3 Å². The maximum Gasteiger partial charge on any atom is 1.00 e. The summed E-state index contributed by atoms with van der Waals surface area (Å²) in [7, 11) is 1.08. The summed E-state index contributed by atoms with van der Waals surface area (Å²) in [6, 6.07) is 0. The normalized spacial score (nSPS) is 26.9. The molecule has 0 saturated carbocycles. The Labute approximate surface area is 365 Å². The third kappa shape index (κ3) is 12.3. The Morgan fingerprint density at radius 1 is 0.960 bits per heavy atom. The van der Waals surface area contributed by atoms with Gasteiger partial charge in [-0.15, -0.1) is 0 Å². The van der Waals surface area contributed by atoms with E-state index >= 15 is 0 Å². The molecule has 9 atom stereocenters. The van der Waals surface area contributed by atoms with E-state index in [2.05, 4.69) is 31.7 Å². The molecule has 3 aromatic rings. The number of nitrogen functional groups attached to an aromatic ring is 1. The fourth-order valence-electron chi connectivity index (χ4n) is 4.88. The molecule has 5 heterocycles. The molecule has 3 unspecified atom stereocenters. The molecule has 2 aliphatic rings. The van der Waals surface area contributed by atoms with Gasteiger partial charge in [0, 0.05) is 31.7 Å². The molecule has 2 aliphatic heterocycles. The van der Waals surface area contributed by atoms with E-state index < -0.39 is 81.5 Å². The van der Waals surface area contributed by atoms with Crippen molar-refractivity contribution in [2.24, 2.45) is 0 Å². The average molecular weight is 844 g/mol. The van der Waals surface area contributed by atoms with Crippen LogP contribution < -0.4 is 120 Å². The third-order valence-electron chi connectivity index (χ3n) is 7.07. The molecule has 0 aliphatic carbocycles. The number of hydrogen-bond donors (Lipinski definition) is 3. The first-order valence-corrected chi connectivity index (χ1v) is 21.1. The first kappa shape index (κ1) is 47.7. The van der Waals surface area contributed by atoms with Crippen molar-refractivity contribution in [2.75, 3.05) is 26.1 Å². The number of nitrogens with zero attached hydrogens (tertiary/aromatic N) is 5. The van der Waals surface area contributed by atoms with Crippen LogP contribution >= 0.6 is 20.2 Å². The number of nitrogens with one attached hydrogen (secondary N) is 1. The number of aromatic nitrogens is 6. The van der Waals surface area contributed by atoms with E-state index in [0.29, 0.717) is 11.2 Å². The van der Waals surface area contributed by atoms with Gasteiger partial charge in [0.05, 0.1) is 31.7 Å². The maximum absolute atomic E-state index is 13.5. The Morgan fingerprint density at radius 2 is 1.52 bits per heavy atom. The second-order valence-electron chi connectivity index (χ2n) is 10.2. The smallest absolute Gasteiger partial charge is 0.780 e. The molecular weight excluding hydrogens is 816 g/mol. The Hall–Kier alpha value is 1.54. The van der Waals surface area contributed by atoms with Gasteiger partial charge < -0.3 is 57.4 Å². The minimum absolute atomic E-state index is 0. The van der Waals surface area contributed by atoms with Crippen molar-refractivity contribution in [2.45, 2.75) is 56.6 Å². The van der Waals surface area contributed by atoms with Crippen molar-refractivity contribution >= 4 is 72.6 Å². The zero-order chi connectivity index (χ0) is 34.3. The summed E-state index contributed by atoms with van der Waals surface area (Å²) in [5.74, 6) is 0.118. The van der Waals surface area contributed by atoms with E-state index in [4.69, 9.17) is 61.4 Å². The van der Waals surface area contributed by atoms with Gasteiger partial charge in [-0.1, -0.05) is 35.4 Å². The molecule has 0 amide bonds. The van der Waals surface area contributed by atoms with Gasteiger partial charge in [-0.25, -0.2) is 19.7 Å². The molecule has 5 rings (SSSR count). The number of nitrogens with two attached hydrogens (primary N) is 1. The largest absolute Gasteiger partial charge is 1.00 e. The molecule has 2 fully saturated rings. The topological polar surface area (TPSA) is 278 Å². The van der Waals surface area contributed by atoms with Crippen molar-refractivity contribution in [3.63, 3.8) is 0 Å². The fraction of sp³-hybridized carbons (Fsp3) is 0.571. The molecule has 0 bridgehead atoms. The van der Waals surface area contributed by atoms with Crippen LogP contribution in [0, 0.1) is 6.92 Å². The van der Waals surface area contributed by atoms with Gasteiger partial charge in [-0.2, -0.15) is 0 Å². The summed E-state index contributed by atoms with van der Waals surface area (Å²) in [4.78, 5) is 85.9. The molecule has 29 heteroatoms. The van der Waals surface area contributed by atoms with Crippen LogP contribution in [-0.4, -0.2) is 78.7 Å². The zero-order valence-corrected chi connectivity index (χ0v) is 38.4. The summed E-state index contributed by atoms with van der Waals surface area (Å²) in [6.07, 6.45) is -2.67. The minimum Gasteiger partial charge on any atom is -0.780 e. The number of aryl methyl sites for hydroxylation is 1. The summed E-state index contributed by atoms with van der Waals surface area (Å²) in [5.41, 5.74) is 5.30. The molecule has 4 N–H and O–H groups in total. The van der Waals surface area contributed by atoms with Crippen LogP contribution in [0.25, 0.3) is 11.2 Å². The number of ether oxygens (including phenoxy) is 2. The number of H-pyrrole nitrogens is 1. The molecular formula is C21H27N7Na3O13P3S3. The zero-order valence-electron chi connectivity index (χ0n) is 27.3. The quantitative estimate of drug-likeness (QED) is 0.106. The van der Waals surface area contributed by atoms with Crippen molar-refractivity contribution in [1.29, 1.82) is 0 Å². The predicted molar refractivity (Wildman–Crippen MR) is 167 cm³/mol. The molecule has 0 aromatic carbocycles. The Bertz CT molecular complexity index is 1910. The van der Waals surface area contributed by atoms with E-state index in [0.717, 1.165) is 11.7 Å². The van der Waals surface area contributed by atoms with Crippen LogP contribution in [-0.2, 0) is 67.5 Å². The van der Waals surface area contributed by atoms with Crippen molar-refractivity contribution in [3.05, 3.63) is 45.3 Å². The number of rotatable bonds is 13. The number of fused-ring (bicyclic) bond motifs is 1. The SMILES string of the molecule is COP([O-])(=S)O[C@H]1C[C@H](n2cc(C)c(=O)[nH]c2=O)O[C@@H]1COP([O-])(=S)O[C@H]1C[C@H](n2cnc3c(N)ncnc32)O[C@@H]1COP([O-])(O)=S.[Na+].[Na+].[Na+]. The molecule has 20 nitrogen and oxygen atoms in total. The Kier molecular flexibility index (Phi) is 18.7. The van der Waals surface area contributed by atoms with E-state index in [-0.39, 0.29) is 113 Å². The van der Waals surface area contributed by atoms with Crippen molar-refractivity contribution in [3.8, 4) is 0 Å². The summed E-state index contributed by atoms with van der Waals surface area (Å²) in [5, 5.41) is 0. The van der Waals surface area contributed by atoms with Crippen LogP contribution in [0.1, 0.15) is 30.9 Å². The van der Waals surface area contributed by atoms with Gasteiger partial charge in [-0.3, -0.25) is 18.9 Å². The van der Waals surface area contributed by atoms with Gasteiger partial charge in [-0.05, 0) is 6.92 Å². The van der Waals surface area contributed by atoms with E-state index in [9.17, 15) is 29.2 Å². The number of anilines is 1. The van der Waals surface area contributed by atoms with Gasteiger partial charge in [0.2, 0.25) is 0 Å². The maximum atomic E-state index is 13.5. The average Bonchev–Trinajstić information content (AvgIpc) is 3.69. The summed E-state index contributed by atoms with van der Waals surface area (Å²) >= 11 is 14.4. The molecule has 0 spiro atoms. The van der Waals surface area contributed by atoms with E-state index in [1.54, 1.807) is 0 Å². The van der Waals surface area contributed by atoms with Gasteiger partial charge in [0.25, 0.3) is 5.56 Å². The Morgan fingerprint density at radius 3 is 2.10 bits per heavy atom. The van der Waals surface area contributed by atoms with Crippen LogP contribution in [0.2, 0.25) is 0 Å². The number of hydrogen-bond acceptors (Lipinski definition) is 19. The standard InChI is InChI=1S/C21H30N7O13P3S3.3Na/c1-10-5-27(21(30)26-20(10)29)15-3-11(40-43(33,46)35-2)14(38-15)7-37-44(34,47)41-12-4-16(39-13(12)6-36-42(31,32)45)28-9-25-17-18(22)23-8-24-19(17)28;;;/h5,8-9,11-16H,3-4,6-7H2,1-2H3,(H,33,46)(H,34,47)(H2,22,23,24)(H,26,29,30)(H2,31,32,45);;;/q;3*+1/p-3/t11-,12-,13+,14+,15+,16+,43?,44?;;;/m0.../s1. The van der Waals surface area contributed by atoms with Crippen LogP contribution in [0.5, 0.6) is 0 Å². The first-order chi connectivity index (χ1) is 21.9. The number of imidazole rings is 1. The molecule has 3 aromatic heterocycles. The monoisotopic (exact) mass is 843 g/mol. The summed E-state index contributed by atoms with van der Waals surface area (Å²) in [6.45, 7) is -12.4. The predicted octanol–water partition coefficient (Wildman–Crippen LogP) is -10.9. The van der Waals surface area contributed by atoms with Gasteiger partial charge >= 0.3 is 94.4 Å². The molecule has 50 heavy (non-hydrogen) atoms. The third-order valence-corrected chi connectivity index (χ3v) is 11.1. The van der Waals surface area contributed by atoms with Crippen molar-refractivity contribution < 1.29 is 140 Å². The molecule has 260 valence electrons.